The van der Waals surface area contributed by atoms with Crippen molar-refractivity contribution < 1.29 is 4.74 Å². The van der Waals surface area contributed by atoms with Crippen LogP contribution < -0.4 is 15.0 Å². The summed E-state index contributed by atoms with van der Waals surface area (Å²) in [4.78, 5) is 2.43. The number of rotatable bonds is 4. The van der Waals surface area contributed by atoms with Gasteiger partial charge in [0.15, 0.2) is 0 Å². The van der Waals surface area contributed by atoms with Crippen molar-refractivity contribution >= 4 is 11.3 Å². The minimum Gasteiger partial charge on any atom is -0.496 e. The van der Waals surface area contributed by atoms with Crippen molar-refractivity contribution in [3.05, 3.63) is 29.3 Å². The summed E-state index contributed by atoms with van der Waals surface area (Å²) in [6, 6.07) is 4.44. The van der Waals surface area contributed by atoms with Crippen LogP contribution in [-0.4, -0.2) is 26.2 Å². The van der Waals surface area contributed by atoms with Crippen LogP contribution in [0.15, 0.2) is 18.2 Å². The van der Waals surface area contributed by atoms with Crippen LogP contribution in [0.1, 0.15) is 38.8 Å². The first-order valence-electron chi connectivity index (χ1n) is 7.27. The lowest BCUT2D eigenvalue weighted by Crippen LogP contribution is -2.44. The molecular weight excluding hydrogens is 248 g/mol. The Balaban J connectivity index is 2.62. The Hall–Kier alpha value is -1.48. The van der Waals surface area contributed by atoms with Crippen molar-refractivity contribution in [1.29, 1.82) is 0 Å². The van der Waals surface area contributed by atoms with Gasteiger partial charge in [-0.1, -0.05) is 6.08 Å². The molecule has 0 spiro atoms. The molecule has 0 unspecified atom stereocenters. The van der Waals surface area contributed by atoms with Crippen molar-refractivity contribution in [3.63, 3.8) is 0 Å². The lowest BCUT2D eigenvalue weighted by atomic mass is 9.87. The predicted octanol–water partition coefficient (Wildman–Crippen LogP) is 3.44. The van der Waals surface area contributed by atoms with Gasteiger partial charge in [-0.2, -0.15) is 0 Å². The Kier molecular flexibility index (Phi) is 4.09. The Labute approximate surface area is 122 Å². The normalized spacial score (nSPS) is 16.7. The standard InChI is InChI=1S/C17H26N2O/c1-7-19-15-9-16(20-6)13(11-18-5)8-14(15)12(2)10-17(19,3)4/h8-10,18H,7,11H2,1-6H3. The summed E-state index contributed by atoms with van der Waals surface area (Å²) in [5.41, 5.74) is 5.18. The highest BCUT2D eigenvalue weighted by Gasteiger charge is 2.31. The molecule has 0 aromatic heterocycles. The molecule has 0 radical (unpaired) electrons. The molecule has 0 fully saturated rings. The van der Waals surface area contributed by atoms with Gasteiger partial charge >= 0.3 is 0 Å². The topological polar surface area (TPSA) is 24.5 Å². The van der Waals surface area contributed by atoms with E-state index in [9.17, 15) is 0 Å². The molecule has 0 atom stereocenters. The van der Waals surface area contributed by atoms with Gasteiger partial charge in [-0.3, -0.25) is 0 Å². The quantitative estimate of drug-likeness (QED) is 0.910. The number of hydrogen-bond donors (Lipinski definition) is 1. The van der Waals surface area contributed by atoms with Crippen LogP contribution in [-0.2, 0) is 6.54 Å². The van der Waals surface area contributed by atoms with Gasteiger partial charge in [0.1, 0.15) is 5.75 Å². The van der Waals surface area contributed by atoms with E-state index in [0.29, 0.717) is 0 Å². The first-order valence-corrected chi connectivity index (χ1v) is 7.27. The molecule has 1 heterocycles. The molecule has 1 aromatic rings. The average Bonchev–Trinajstić information content (AvgIpc) is 2.38. The van der Waals surface area contributed by atoms with E-state index in [4.69, 9.17) is 4.74 Å². The number of hydrogen-bond acceptors (Lipinski definition) is 3. The molecule has 0 bridgehead atoms. The van der Waals surface area contributed by atoms with Gasteiger partial charge < -0.3 is 15.0 Å². The molecular formula is C17H26N2O. The smallest absolute Gasteiger partial charge is 0.125 e. The first-order chi connectivity index (χ1) is 9.44. The zero-order chi connectivity index (χ0) is 14.9. The zero-order valence-corrected chi connectivity index (χ0v) is 13.5. The number of anilines is 1. The van der Waals surface area contributed by atoms with Gasteiger partial charge in [0.2, 0.25) is 0 Å². The summed E-state index contributed by atoms with van der Waals surface area (Å²) in [5.74, 6) is 0.960. The molecule has 0 saturated heterocycles. The molecule has 1 aliphatic rings. The van der Waals surface area contributed by atoms with Crippen molar-refractivity contribution in [2.75, 3.05) is 25.6 Å². The van der Waals surface area contributed by atoms with Crippen LogP contribution in [0.5, 0.6) is 5.75 Å². The van der Waals surface area contributed by atoms with Crippen LogP contribution >= 0.6 is 0 Å². The van der Waals surface area contributed by atoms with Crippen molar-refractivity contribution in [1.82, 2.24) is 5.32 Å². The minimum atomic E-state index is 0.0430. The maximum absolute atomic E-state index is 5.57. The second kappa shape index (κ2) is 5.49. The van der Waals surface area contributed by atoms with E-state index in [1.54, 1.807) is 7.11 Å². The summed E-state index contributed by atoms with van der Waals surface area (Å²) >= 11 is 0. The van der Waals surface area contributed by atoms with Gasteiger partial charge in [-0.25, -0.2) is 0 Å². The molecule has 0 saturated carbocycles. The molecule has 20 heavy (non-hydrogen) atoms. The number of nitrogens with one attached hydrogen (secondary N) is 1. The molecule has 3 nitrogen and oxygen atoms in total. The first kappa shape index (κ1) is 14.9. The van der Waals surface area contributed by atoms with Gasteiger partial charge in [-0.15, -0.1) is 0 Å². The van der Waals surface area contributed by atoms with Crippen LogP contribution in [0.25, 0.3) is 5.57 Å². The highest BCUT2D eigenvalue weighted by molar-refractivity contribution is 5.82. The van der Waals surface area contributed by atoms with Crippen molar-refractivity contribution in [3.8, 4) is 5.75 Å². The number of nitrogens with zero attached hydrogens (tertiary/aromatic N) is 1. The van der Waals surface area contributed by atoms with Crippen LogP contribution in [0, 0.1) is 0 Å². The SMILES string of the molecule is CCN1c2cc(OC)c(CNC)cc2C(C)=CC1(C)C. The number of fused-ring (bicyclic) bond motifs is 1. The van der Waals surface area contributed by atoms with Crippen LogP contribution in [0.4, 0.5) is 5.69 Å². The van der Waals surface area contributed by atoms with Crippen LogP contribution in [0.2, 0.25) is 0 Å². The fraction of sp³-hybridized carbons (Fsp3) is 0.529. The number of likely N-dealkylation sites (N-methyl/N-ethyl adjacent to an activating group) is 1. The molecule has 2 rings (SSSR count). The summed E-state index contributed by atoms with van der Waals surface area (Å²) in [5, 5.41) is 3.21. The molecule has 0 amide bonds. The van der Waals surface area contributed by atoms with E-state index in [1.807, 2.05) is 7.05 Å². The highest BCUT2D eigenvalue weighted by Crippen LogP contribution is 2.41. The number of allylic oxidation sites excluding steroid dienone is 1. The monoisotopic (exact) mass is 274 g/mol. The Morgan fingerprint density at radius 2 is 2.00 bits per heavy atom. The summed E-state index contributed by atoms with van der Waals surface area (Å²) < 4.78 is 5.57. The summed E-state index contributed by atoms with van der Waals surface area (Å²) in [6.45, 7) is 10.7. The summed E-state index contributed by atoms with van der Waals surface area (Å²) in [6.07, 6.45) is 2.36. The maximum Gasteiger partial charge on any atom is 0.125 e. The fourth-order valence-electron chi connectivity index (χ4n) is 3.25. The largest absolute Gasteiger partial charge is 0.496 e. The lowest BCUT2D eigenvalue weighted by molar-refractivity contribution is 0.408. The molecule has 0 aliphatic carbocycles. The lowest BCUT2D eigenvalue weighted by Gasteiger charge is -2.43. The van der Waals surface area contributed by atoms with E-state index in [2.05, 4.69) is 56.1 Å². The third-order valence-electron chi connectivity index (χ3n) is 4.06. The number of benzene rings is 1. The predicted molar refractivity (Wildman–Crippen MR) is 86.5 cm³/mol. The zero-order valence-electron chi connectivity index (χ0n) is 13.5. The minimum absolute atomic E-state index is 0.0430. The molecule has 110 valence electrons. The molecule has 1 aromatic carbocycles. The number of ether oxygens (including phenoxy) is 1. The Morgan fingerprint density at radius 3 is 2.55 bits per heavy atom. The Morgan fingerprint density at radius 1 is 1.30 bits per heavy atom. The highest BCUT2D eigenvalue weighted by atomic mass is 16.5. The van der Waals surface area contributed by atoms with E-state index in [-0.39, 0.29) is 5.54 Å². The van der Waals surface area contributed by atoms with Crippen molar-refractivity contribution in [2.24, 2.45) is 0 Å². The van der Waals surface area contributed by atoms with E-state index in [1.165, 1.54) is 22.4 Å². The molecule has 3 heteroatoms. The fourth-order valence-corrected chi connectivity index (χ4v) is 3.25. The molecule has 1 aliphatic heterocycles. The van der Waals surface area contributed by atoms with E-state index >= 15 is 0 Å². The second-order valence-corrected chi connectivity index (χ2v) is 5.94. The second-order valence-electron chi connectivity index (χ2n) is 5.94. The average molecular weight is 274 g/mol. The molecule has 1 N–H and O–H groups in total. The van der Waals surface area contributed by atoms with Gasteiger partial charge in [0, 0.05) is 36.0 Å². The Bertz CT molecular complexity index is 532. The maximum atomic E-state index is 5.57. The van der Waals surface area contributed by atoms with Crippen molar-refractivity contribution in [2.45, 2.75) is 39.8 Å². The third-order valence-corrected chi connectivity index (χ3v) is 4.06. The number of methoxy groups -OCH3 is 1. The van der Waals surface area contributed by atoms with E-state index < -0.39 is 0 Å². The van der Waals surface area contributed by atoms with Gasteiger partial charge in [0.05, 0.1) is 12.6 Å². The summed E-state index contributed by atoms with van der Waals surface area (Å²) in [7, 11) is 3.71. The van der Waals surface area contributed by atoms with E-state index in [0.717, 1.165) is 18.8 Å². The third kappa shape index (κ3) is 2.42. The van der Waals surface area contributed by atoms with Gasteiger partial charge in [-0.05, 0) is 46.4 Å². The van der Waals surface area contributed by atoms with Crippen LogP contribution in [0.3, 0.4) is 0 Å². The van der Waals surface area contributed by atoms with Gasteiger partial charge in [0.25, 0.3) is 0 Å².